The molecular formula is C80H102N4O22. The zero-order valence-electron chi connectivity index (χ0n) is 61.3. The van der Waals surface area contributed by atoms with E-state index in [9.17, 15) is 9.59 Å². The SMILES string of the molecule is COCCOCCOCCOCC(COCCOCCOCCOC)Oc1cc(OC(COCCOCCOCCOC)COCCOCCOCCOC)c(C(=O)NCCNC(=O)c2ccc3ccc4cccc5ccc2c3c45)cc1C(=O)NCCNC(=O)c1ccc2ccc3cccc4ccc1c2c34. The monoisotopic (exact) mass is 1470 g/mol. The fourth-order valence-electron chi connectivity index (χ4n) is 11.8. The van der Waals surface area contributed by atoms with E-state index in [2.05, 4.69) is 69.8 Å². The number of benzene rings is 9. The van der Waals surface area contributed by atoms with Crippen molar-refractivity contribution in [2.24, 2.45) is 0 Å². The summed E-state index contributed by atoms with van der Waals surface area (Å²) in [5.74, 6) is -2.02. The zero-order chi connectivity index (χ0) is 74.2. The number of rotatable bonds is 58. The number of ether oxygens (including phenoxy) is 18. The second kappa shape index (κ2) is 46.9. The Morgan fingerprint density at radius 1 is 0.264 bits per heavy atom. The molecule has 9 rings (SSSR count). The molecule has 106 heavy (non-hydrogen) atoms. The normalized spacial score (nSPS) is 11.8. The average Bonchev–Trinajstić information content (AvgIpc) is 0.745. The average molecular weight is 1470 g/mol. The van der Waals surface area contributed by atoms with Gasteiger partial charge in [-0.1, -0.05) is 97.1 Å². The molecule has 0 saturated carbocycles. The van der Waals surface area contributed by atoms with E-state index in [4.69, 9.17) is 85.3 Å². The Balaban J connectivity index is 0.986. The summed E-state index contributed by atoms with van der Waals surface area (Å²) >= 11 is 0. The molecule has 0 bridgehead atoms. The van der Waals surface area contributed by atoms with Crippen molar-refractivity contribution in [1.82, 2.24) is 21.3 Å². The van der Waals surface area contributed by atoms with Gasteiger partial charge in [-0.2, -0.15) is 0 Å². The Morgan fingerprint density at radius 2 is 0.500 bits per heavy atom. The summed E-state index contributed by atoms with van der Waals surface area (Å²) in [7, 11) is 6.42. The lowest BCUT2D eigenvalue weighted by molar-refractivity contribution is -0.0424. The van der Waals surface area contributed by atoms with Gasteiger partial charge in [0.1, 0.15) is 23.7 Å². The van der Waals surface area contributed by atoms with E-state index in [0.29, 0.717) is 117 Å². The van der Waals surface area contributed by atoms with E-state index in [1.807, 2.05) is 60.7 Å². The number of carbonyl (C=O) groups excluding carboxylic acids is 4. The Morgan fingerprint density at radius 3 is 0.783 bits per heavy atom. The van der Waals surface area contributed by atoms with Gasteiger partial charge in [0.25, 0.3) is 23.6 Å². The molecule has 26 nitrogen and oxygen atoms in total. The van der Waals surface area contributed by atoms with E-state index in [1.54, 1.807) is 28.4 Å². The molecule has 0 aromatic heterocycles. The first-order chi connectivity index (χ1) is 52.2. The second-order valence-electron chi connectivity index (χ2n) is 24.5. The molecular weight excluding hydrogens is 1370 g/mol. The van der Waals surface area contributed by atoms with E-state index in [1.165, 1.54) is 12.1 Å². The van der Waals surface area contributed by atoms with Crippen LogP contribution in [-0.4, -0.2) is 275 Å². The first-order valence-corrected chi connectivity index (χ1v) is 36.1. The second-order valence-corrected chi connectivity index (χ2v) is 24.5. The van der Waals surface area contributed by atoms with Gasteiger partial charge >= 0.3 is 0 Å². The molecule has 0 atom stereocenters. The third-order valence-electron chi connectivity index (χ3n) is 17.0. The number of hydrogen-bond acceptors (Lipinski definition) is 22. The predicted molar refractivity (Wildman–Crippen MR) is 402 cm³/mol. The number of amides is 4. The first kappa shape index (κ1) is 82.0. The maximum Gasteiger partial charge on any atom is 0.255 e. The molecule has 9 aromatic carbocycles. The van der Waals surface area contributed by atoms with E-state index >= 15 is 9.59 Å². The minimum atomic E-state index is -0.895. The molecule has 0 fully saturated rings. The van der Waals surface area contributed by atoms with Crippen molar-refractivity contribution in [3.63, 3.8) is 0 Å². The Kier molecular flexibility index (Phi) is 36.2. The Labute approximate surface area is 618 Å². The predicted octanol–water partition coefficient (Wildman–Crippen LogP) is 8.08. The Bertz CT molecular complexity index is 3740. The van der Waals surface area contributed by atoms with Crippen molar-refractivity contribution in [2.45, 2.75) is 12.2 Å². The lowest BCUT2D eigenvalue weighted by Crippen LogP contribution is -2.37. The van der Waals surface area contributed by atoms with Crippen molar-refractivity contribution in [1.29, 1.82) is 0 Å². The van der Waals surface area contributed by atoms with Crippen LogP contribution in [0.25, 0.3) is 64.6 Å². The van der Waals surface area contributed by atoms with Crippen molar-refractivity contribution in [3.05, 3.63) is 144 Å². The topological polar surface area (TPSA) is 283 Å². The molecule has 574 valence electrons. The molecule has 0 aliphatic heterocycles. The number of methoxy groups -OCH3 is 4. The molecule has 26 heteroatoms. The van der Waals surface area contributed by atoms with E-state index < -0.39 is 24.0 Å². The summed E-state index contributed by atoms with van der Waals surface area (Å²) in [4.78, 5) is 58.5. The van der Waals surface area contributed by atoms with Gasteiger partial charge in [-0.25, -0.2) is 0 Å². The molecule has 0 aliphatic carbocycles. The number of hydrogen-bond donors (Lipinski definition) is 4. The van der Waals surface area contributed by atoms with Crippen LogP contribution < -0.4 is 30.7 Å². The van der Waals surface area contributed by atoms with Crippen LogP contribution in [0, 0.1) is 0 Å². The number of carbonyl (C=O) groups is 4. The molecule has 0 spiro atoms. The summed E-state index contributed by atoms with van der Waals surface area (Å²) in [5.41, 5.74) is 0.807. The van der Waals surface area contributed by atoms with Crippen LogP contribution in [0.4, 0.5) is 0 Å². The lowest BCUT2D eigenvalue weighted by Gasteiger charge is -2.25. The third-order valence-corrected chi connectivity index (χ3v) is 17.0. The van der Waals surface area contributed by atoms with Gasteiger partial charge in [0.2, 0.25) is 0 Å². The zero-order valence-corrected chi connectivity index (χ0v) is 61.3. The minimum Gasteiger partial charge on any atom is -0.485 e. The van der Waals surface area contributed by atoms with Gasteiger partial charge in [-0.15, -0.1) is 0 Å². The fourth-order valence-corrected chi connectivity index (χ4v) is 11.8. The highest BCUT2D eigenvalue weighted by atomic mass is 16.6. The summed E-state index contributed by atoms with van der Waals surface area (Å²) in [5, 5.41) is 23.9. The maximum absolute atomic E-state index is 15.1. The first-order valence-electron chi connectivity index (χ1n) is 36.1. The molecule has 4 N–H and O–H groups in total. The quantitative estimate of drug-likeness (QED) is 0.0207. The standard InChI is InChI=1S/C80H102N4O22/c1-89-27-31-93-35-39-97-43-47-101-53-63(54-102-48-44-98-40-36-94-32-28-90-2)105-71-52-72(106-64(55-103-49-45-99-41-37-95-33-29-91-3)56-104-50-46-100-42-38-96-34-30-92-4)70(80(88)84-26-24-82-78(86)68-22-18-62-14-12-58-8-6-10-60-16-20-66(68)76(62)74(58)60)51-69(71)79(87)83-25-23-81-77(85)67-21-17-61-13-11-57-7-5-9-59-15-19-65(67)75(61)73(57)59/h5-22,51-52,63-64H,23-50,53-56H2,1-4H3,(H,81,85)(H,82,86)(H,83,87)(H,84,88). The van der Waals surface area contributed by atoms with Gasteiger partial charge < -0.3 is 107 Å². The van der Waals surface area contributed by atoms with Crippen molar-refractivity contribution < 1.29 is 104 Å². The van der Waals surface area contributed by atoms with Crippen molar-refractivity contribution >= 4 is 88.3 Å². The van der Waals surface area contributed by atoms with Gasteiger partial charge in [0.15, 0.2) is 0 Å². The number of nitrogens with one attached hydrogen (secondary N) is 4. The van der Waals surface area contributed by atoms with Crippen LogP contribution >= 0.6 is 0 Å². The van der Waals surface area contributed by atoms with Crippen LogP contribution in [0.3, 0.4) is 0 Å². The van der Waals surface area contributed by atoms with Gasteiger partial charge in [0, 0.05) is 71.8 Å². The maximum atomic E-state index is 15.1. The summed E-state index contributed by atoms with van der Waals surface area (Å²) in [6.07, 6.45) is -1.79. The van der Waals surface area contributed by atoms with E-state index in [-0.39, 0.29) is 140 Å². The van der Waals surface area contributed by atoms with Crippen LogP contribution in [0.15, 0.2) is 121 Å². The van der Waals surface area contributed by atoms with Crippen molar-refractivity contribution in [3.8, 4) is 11.5 Å². The largest absolute Gasteiger partial charge is 0.485 e. The highest BCUT2D eigenvalue weighted by Crippen LogP contribution is 2.38. The molecule has 9 aromatic rings. The fraction of sp³-hybridized carbons (Fsp3) is 0.475. The molecule has 0 saturated heterocycles. The van der Waals surface area contributed by atoms with Crippen LogP contribution in [0.5, 0.6) is 11.5 Å². The highest BCUT2D eigenvalue weighted by molar-refractivity contribution is 6.27. The molecule has 0 heterocycles. The molecule has 0 aliphatic rings. The molecule has 4 amide bonds. The van der Waals surface area contributed by atoms with Gasteiger partial charge in [-0.05, 0) is 82.8 Å². The lowest BCUT2D eigenvalue weighted by atomic mass is 9.92. The van der Waals surface area contributed by atoms with Crippen molar-refractivity contribution in [2.75, 3.05) is 240 Å². The van der Waals surface area contributed by atoms with Crippen LogP contribution in [0.1, 0.15) is 41.4 Å². The van der Waals surface area contributed by atoms with Gasteiger partial charge in [-0.3, -0.25) is 19.2 Å². The molecule has 0 unspecified atom stereocenters. The van der Waals surface area contributed by atoms with Crippen LogP contribution in [0.2, 0.25) is 0 Å². The summed E-state index contributed by atoms with van der Waals surface area (Å²) in [6.45, 7) is 7.58. The van der Waals surface area contributed by atoms with Crippen LogP contribution in [-0.2, 0) is 75.8 Å². The smallest absolute Gasteiger partial charge is 0.255 e. The Hall–Kier alpha value is -8.10. The van der Waals surface area contributed by atoms with E-state index in [0.717, 1.165) is 64.6 Å². The minimum absolute atomic E-state index is 0.0174. The third kappa shape index (κ3) is 25.5. The molecule has 0 radical (unpaired) electrons. The highest BCUT2D eigenvalue weighted by Gasteiger charge is 2.27. The van der Waals surface area contributed by atoms with Gasteiger partial charge in [0.05, 0.1) is 196 Å². The summed E-state index contributed by atoms with van der Waals surface area (Å²) < 4.78 is 104. The summed E-state index contributed by atoms with van der Waals surface area (Å²) in [6, 6.07) is 38.9.